The van der Waals surface area contributed by atoms with Gasteiger partial charge in [-0.15, -0.1) is 0 Å². The number of hydrogen-bond donors (Lipinski definition) is 0. The summed E-state index contributed by atoms with van der Waals surface area (Å²) in [6.45, 7) is 8.38. The van der Waals surface area contributed by atoms with Crippen LogP contribution in [0.5, 0.6) is 0 Å². The number of nitrogens with zero attached hydrogens (tertiary/aromatic N) is 1. The van der Waals surface area contributed by atoms with Crippen molar-refractivity contribution >= 4 is 33.8 Å². The maximum atomic E-state index is 5.89. The summed E-state index contributed by atoms with van der Waals surface area (Å²) >= 11 is 7.57. The van der Waals surface area contributed by atoms with E-state index in [9.17, 15) is 0 Å². The molecule has 1 aromatic rings. The molecule has 3 heteroatoms. The molecule has 1 nitrogen and oxygen atoms in total. The second kappa shape index (κ2) is 6.21. The minimum absolute atomic E-state index is 0.587. The van der Waals surface area contributed by atoms with Crippen LogP contribution in [-0.2, 0) is 0 Å². The average molecular weight is 256 g/mol. The summed E-state index contributed by atoms with van der Waals surface area (Å²) in [6, 6.07) is 2.09. The van der Waals surface area contributed by atoms with E-state index < -0.39 is 0 Å². The first-order valence-electron chi connectivity index (χ1n) is 5.43. The summed E-state index contributed by atoms with van der Waals surface area (Å²) in [7, 11) is 0. The smallest absolute Gasteiger partial charge is 0.103 e. The van der Waals surface area contributed by atoms with Gasteiger partial charge in [0.1, 0.15) is 5.17 Å². The Labute approximate surface area is 107 Å². The Hall–Kier alpha value is -0.600. The molecule has 0 aliphatic heterocycles. The predicted molar refractivity (Wildman–Crippen MR) is 75.3 cm³/mol. The topological polar surface area (TPSA) is 12.4 Å². The Morgan fingerprint density at radius 2 is 2.12 bits per heavy atom. The molecule has 0 saturated heterocycles. The van der Waals surface area contributed by atoms with Gasteiger partial charge in [-0.25, -0.2) is 4.99 Å². The first-order valence-corrected chi connectivity index (χ1v) is 6.76. The Balaban J connectivity index is 3.10. The summed E-state index contributed by atoms with van der Waals surface area (Å²) in [5.74, 6) is 0.638. The number of hydrogen-bond acceptors (Lipinski definition) is 2. The maximum absolute atomic E-state index is 5.89. The third-order valence-corrected chi connectivity index (χ3v) is 2.95. The molecule has 0 spiro atoms. The van der Waals surface area contributed by atoms with Crippen molar-refractivity contribution in [3.05, 3.63) is 28.0 Å². The summed E-state index contributed by atoms with van der Waals surface area (Å²) in [5, 5.41) is 4.77. The standard InChI is InChI=1S/C13H18ClNS/c1-9(2)7-10(3)13(15-11(4)14)12-5-6-16-8-12/h5-6,8-9H,7H2,1-4H3/b13-10+,15-11+. The Kier molecular flexibility index (Phi) is 5.23. The largest absolute Gasteiger partial charge is 0.241 e. The molecule has 0 bridgehead atoms. The van der Waals surface area contributed by atoms with Crippen molar-refractivity contribution in [2.24, 2.45) is 10.9 Å². The van der Waals surface area contributed by atoms with Crippen LogP contribution in [0, 0.1) is 5.92 Å². The fourth-order valence-corrected chi connectivity index (χ4v) is 2.39. The molecule has 0 unspecified atom stereocenters. The Bertz CT molecular complexity index is 384. The molecule has 0 aliphatic rings. The van der Waals surface area contributed by atoms with Gasteiger partial charge in [0.2, 0.25) is 0 Å². The maximum Gasteiger partial charge on any atom is 0.103 e. The molecule has 16 heavy (non-hydrogen) atoms. The van der Waals surface area contributed by atoms with Gasteiger partial charge < -0.3 is 0 Å². The van der Waals surface area contributed by atoms with Crippen molar-refractivity contribution < 1.29 is 0 Å². The molecule has 1 heterocycles. The third kappa shape index (κ3) is 4.11. The van der Waals surface area contributed by atoms with Crippen LogP contribution in [0.25, 0.3) is 5.70 Å². The monoisotopic (exact) mass is 255 g/mol. The lowest BCUT2D eigenvalue weighted by Gasteiger charge is -2.09. The molecule has 0 fully saturated rings. The molecule has 1 aromatic heterocycles. The lowest BCUT2D eigenvalue weighted by atomic mass is 10.0. The van der Waals surface area contributed by atoms with Gasteiger partial charge in [0.25, 0.3) is 0 Å². The summed E-state index contributed by atoms with van der Waals surface area (Å²) in [6.07, 6.45) is 1.05. The quantitative estimate of drug-likeness (QED) is 0.657. The van der Waals surface area contributed by atoms with Gasteiger partial charge in [0.15, 0.2) is 0 Å². The number of rotatable bonds is 4. The fraction of sp³-hybridized carbons (Fsp3) is 0.462. The van der Waals surface area contributed by atoms with Crippen LogP contribution in [0.2, 0.25) is 0 Å². The normalized spacial score (nSPS) is 14.2. The van der Waals surface area contributed by atoms with Crippen molar-refractivity contribution in [2.75, 3.05) is 0 Å². The van der Waals surface area contributed by atoms with Crippen molar-refractivity contribution in [2.45, 2.75) is 34.1 Å². The highest BCUT2D eigenvalue weighted by molar-refractivity contribution is 7.08. The number of allylic oxidation sites excluding steroid dienone is 1. The molecule has 0 aliphatic carbocycles. The molecule has 0 aromatic carbocycles. The van der Waals surface area contributed by atoms with E-state index in [2.05, 4.69) is 42.6 Å². The van der Waals surface area contributed by atoms with Gasteiger partial charge in [-0.1, -0.05) is 25.4 Å². The molecule has 0 radical (unpaired) electrons. The van der Waals surface area contributed by atoms with Crippen molar-refractivity contribution in [1.29, 1.82) is 0 Å². The molecule has 0 amide bonds. The van der Waals surface area contributed by atoms with E-state index in [1.165, 1.54) is 11.1 Å². The van der Waals surface area contributed by atoms with Gasteiger partial charge in [-0.3, -0.25) is 0 Å². The average Bonchev–Trinajstić information content (AvgIpc) is 2.64. The molecule has 88 valence electrons. The van der Waals surface area contributed by atoms with Crippen molar-refractivity contribution in [3.8, 4) is 0 Å². The van der Waals surface area contributed by atoms with E-state index in [1.54, 1.807) is 11.3 Å². The van der Waals surface area contributed by atoms with E-state index >= 15 is 0 Å². The van der Waals surface area contributed by atoms with Crippen molar-refractivity contribution in [3.63, 3.8) is 0 Å². The second-order valence-electron chi connectivity index (χ2n) is 4.35. The van der Waals surface area contributed by atoms with Crippen LogP contribution in [0.15, 0.2) is 27.4 Å². The van der Waals surface area contributed by atoms with Crippen LogP contribution in [0.4, 0.5) is 0 Å². The summed E-state index contributed by atoms with van der Waals surface area (Å²) in [5.41, 5.74) is 3.50. The van der Waals surface area contributed by atoms with Crippen LogP contribution in [0.3, 0.4) is 0 Å². The van der Waals surface area contributed by atoms with Gasteiger partial charge in [0.05, 0.1) is 5.70 Å². The summed E-state index contributed by atoms with van der Waals surface area (Å²) in [4.78, 5) is 4.44. The molecule has 1 rings (SSSR count). The zero-order valence-corrected chi connectivity index (χ0v) is 11.8. The second-order valence-corrected chi connectivity index (χ2v) is 5.67. The van der Waals surface area contributed by atoms with E-state index in [0.29, 0.717) is 11.1 Å². The first-order chi connectivity index (χ1) is 7.50. The SMILES string of the molecule is C/C(Cl)=N\C(=C(/C)CC(C)C)c1ccsc1. The number of halogens is 1. The van der Waals surface area contributed by atoms with Crippen LogP contribution in [-0.4, -0.2) is 5.17 Å². The highest BCUT2D eigenvalue weighted by Crippen LogP contribution is 2.26. The molecule has 0 saturated carbocycles. The zero-order chi connectivity index (χ0) is 12.1. The van der Waals surface area contributed by atoms with Crippen LogP contribution in [0.1, 0.15) is 39.7 Å². The van der Waals surface area contributed by atoms with E-state index in [-0.39, 0.29) is 0 Å². The Morgan fingerprint density at radius 3 is 2.56 bits per heavy atom. The first kappa shape index (κ1) is 13.5. The van der Waals surface area contributed by atoms with E-state index in [0.717, 1.165) is 12.1 Å². The van der Waals surface area contributed by atoms with Gasteiger partial charge in [-0.05, 0) is 43.2 Å². The fourth-order valence-electron chi connectivity index (χ4n) is 1.67. The summed E-state index contributed by atoms with van der Waals surface area (Å²) < 4.78 is 0. The molecular formula is C13H18ClNS. The van der Waals surface area contributed by atoms with Crippen molar-refractivity contribution in [1.82, 2.24) is 0 Å². The van der Waals surface area contributed by atoms with Crippen LogP contribution >= 0.6 is 22.9 Å². The minimum Gasteiger partial charge on any atom is -0.241 e. The third-order valence-electron chi connectivity index (χ3n) is 2.18. The molecule has 0 atom stereocenters. The molecule has 0 N–H and O–H groups in total. The minimum atomic E-state index is 0.587. The highest BCUT2D eigenvalue weighted by Gasteiger charge is 2.07. The Morgan fingerprint density at radius 1 is 1.44 bits per heavy atom. The molecular weight excluding hydrogens is 238 g/mol. The lowest BCUT2D eigenvalue weighted by molar-refractivity contribution is 0.643. The zero-order valence-electron chi connectivity index (χ0n) is 10.2. The van der Waals surface area contributed by atoms with E-state index in [1.807, 2.05) is 6.92 Å². The number of aliphatic imine (C=N–C) groups is 1. The van der Waals surface area contributed by atoms with E-state index in [4.69, 9.17) is 11.6 Å². The van der Waals surface area contributed by atoms with Gasteiger partial charge >= 0.3 is 0 Å². The van der Waals surface area contributed by atoms with Gasteiger partial charge in [0, 0.05) is 10.9 Å². The highest BCUT2D eigenvalue weighted by atomic mass is 35.5. The predicted octanol–water partition coefficient (Wildman–Crippen LogP) is 5.18. The van der Waals surface area contributed by atoms with Gasteiger partial charge in [-0.2, -0.15) is 11.3 Å². The number of thiophene rings is 1. The van der Waals surface area contributed by atoms with Crippen LogP contribution < -0.4 is 0 Å². The lowest BCUT2D eigenvalue weighted by Crippen LogP contribution is -1.93.